The summed E-state index contributed by atoms with van der Waals surface area (Å²) in [5.41, 5.74) is 2.46. The summed E-state index contributed by atoms with van der Waals surface area (Å²) in [5.74, 6) is 0.537. The van der Waals surface area contributed by atoms with Gasteiger partial charge in [-0.15, -0.1) is 0 Å². The quantitative estimate of drug-likeness (QED) is 0.578. The van der Waals surface area contributed by atoms with Crippen molar-refractivity contribution in [1.82, 2.24) is 4.31 Å². The molecule has 1 aliphatic rings. The second-order valence-corrected chi connectivity index (χ2v) is 10.9. The third-order valence-corrected chi connectivity index (χ3v) is 7.45. The van der Waals surface area contributed by atoms with Gasteiger partial charge < -0.3 is 19.7 Å². The van der Waals surface area contributed by atoms with Crippen molar-refractivity contribution in [3.05, 3.63) is 48.0 Å². The predicted octanol–water partition coefficient (Wildman–Crippen LogP) is 3.69. The summed E-state index contributed by atoms with van der Waals surface area (Å²) in [5, 5.41) is 2.86. The summed E-state index contributed by atoms with van der Waals surface area (Å²) in [6, 6.07) is 12.7. The lowest BCUT2D eigenvalue weighted by atomic mass is 10.0. The normalized spacial score (nSPS) is 14.9. The minimum Gasteiger partial charge on any atom is -0.489 e. The standard InChI is InChI=1S/C25H35N3O5S/c1-18(2)20-7-6-8-21(15-20)27(5)17-25(29)26-23-16-22(9-10-24(23)33-19(3)4)34(30,31)28-11-13-32-14-12-28/h6-10,15-16,18-19H,11-14,17H2,1-5H3,(H,26,29). The van der Waals surface area contributed by atoms with Crippen molar-refractivity contribution in [1.29, 1.82) is 0 Å². The monoisotopic (exact) mass is 489 g/mol. The molecule has 1 aliphatic heterocycles. The topological polar surface area (TPSA) is 88.2 Å². The van der Waals surface area contributed by atoms with Gasteiger partial charge in [-0.2, -0.15) is 4.31 Å². The molecular formula is C25H35N3O5S. The van der Waals surface area contributed by atoms with Crippen LogP contribution in [0.3, 0.4) is 0 Å². The summed E-state index contributed by atoms with van der Waals surface area (Å²) >= 11 is 0. The number of nitrogens with one attached hydrogen (secondary N) is 1. The van der Waals surface area contributed by atoms with Crippen LogP contribution in [-0.2, 0) is 19.6 Å². The lowest BCUT2D eigenvalue weighted by molar-refractivity contribution is -0.114. The SMILES string of the molecule is CC(C)Oc1ccc(S(=O)(=O)N2CCOCC2)cc1NC(=O)CN(C)c1cccc(C(C)C)c1. The molecule has 8 nitrogen and oxygen atoms in total. The summed E-state index contributed by atoms with van der Waals surface area (Å²) in [4.78, 5) is 14.9. The van der Waals surface area contributed by atoms with E-state index in [9.17, 15) is 13.2 Å². The Kier molecular flexibility index (Phi) is 8.57. The molecule has 9 heteroatoms. The van der Waals surface area contributed by atoms with Gasteiger partial charge in [0.05, 0.1) is 36.4 Å². The molecule has 0 atom stereocenters. The zero-order valence-corrected chi connectivity index (χ0v) is 21.4. The van der Waals surface area contributed by atoms with Gasteiger partial charge in [-0.25, -0.2) is 8.42 Å². The maximum absolute atomic E-state index is 13.1. The smallest absolute Gasteiger partial charge is 0.243 e. The van der Waals surface area contributed by atoms with E-state index in [1.54, 1.807) is 6.07 Å². The summed E-state index contributed by atoms with van der Waals surface area (Å²) in [6.07, 6.45) is -0.140. The van der Waals surface area contributed by atoms with Gasteiger partial charge in [-0.05, 0) is 55.7 Å². The highest BCUT2D eigenvalue weighted by molar-refractivity contribution is 7.89. The fourth-order valence-corrected chi connectivity index (χ4v) is 5.11. The van der Waals surface area contributed by atoms with E-state index in [-0.39, 0.29) is 23.5 Å². The number of carbonyl (C=O) groups excluding carboxylic acids is 1. The first kappa shape index (κ1) is 26.0. The van der Waals surface area contributed by atoms with Crippen LogP contribution in [0.2, 0.25) is 0 Å². The molecule has 1 fully saturated rings. The Bertz CT molecular complexity index is 1100. The first-order valence-electron chi connectivity index (χ1n) is 11.6. The fourth-order valence-electron chi connectivity index (χ4n) is 3.68. The predicted molar refractivity (Wildman–Crippen MR) is 134 cm³/mol. The Morgan fingerprint density at radius 1 is 1.12 bits per heavy atom. The lowest BCUT2D eigenvalue weighted by Crippen LogP contribution is -2.40. The molecule has 1 N–H and O–H groups in total. The number of benzene rings is 2. The second kappa shape index (κ2) is 11.2. The minimum absolute atomic E-state index is 0.100. The van der Waals surface area contributed by atoms with Crippen LogP contribution < -0.4 is 15.0 Å². The van der Waals surface area contributed by atoms with Crippen molar-refractivity contribution in [2.24, 2.45) is 0 Å². The van der Waals surface area contributed by atoms with E-state index in [0.29, 0.717) is 43.7 Å². The molecule has 0 bridgehead atoms. The number of morpholine rings is 1. The maximum atomic E-state index is 13.1. The highest BCUT2D eigenvalue weighted by Gasteiger charge is 2.27. The van der Waals surface area contributed by atoms with Gasteiger partial charge in [0.1, 0.15) is 5.75 Å². The molecule has 0 aliphatic carbocycles. The molecule has 0 aromatic heterocycles. The Morgan fingerprint density at radius 3 is 2.47 bits per heavy atom. The highest BCUT2D eigenvalue weighted by atomic mass is 32.2. The number of sulfonamides is 1. The molecule has 0 unspecified atom stereocenters. The van der Waals surface area contributed by atoms with E-state index in [0.717, 1.165) is 5.69 Å². The number of amides is 1. The van der Waals surface area contributed by atoms with Crippen LogP contribution in [0.15, 0.2) is 47.4 Å². The van der Waals surface area contributed by atoms with Gasteiger partial charge in [0.2, 0.25) is 15.9 Å². The maximum Gasteiger partial charge on any atom is 0.243 e. The van der Waals surface area contributed by atoms with Gasteiger partial charge in [0.15, 0.2) is 0 Å². The summed E-state index contributed by atoms with van der Waals surface area (Å²) < 4.78 is 38.7. The highest BCUT2D eigenvalue weighted by Crippen LogP contribution is 2.30. The average Bonchev–Trinajstić information content (AvgIpc) is 2.80. The molecule has 2 aromatic carbocycles. The first-order chi connectivity index (χ1) is 16.1. The van der Waals surface area contributed by atoms with E-state index in [1.165, 1.54) is 22.0 Å². The lowest BCUT2D eigenvalue weighted by Gasteiger charge is -2.26. The number of hydrogen-bond acceptors (Lipinski definition) is 6. The van der Waals surface area contributed by atoms with E-state index in [1.807, 2.05) is 37.9 Å². The number of ether oxygens (including phenoxy) is 2. The third kappa shape index (κ3) is 6.49. The largest absolute Gasteiger partial charge is 0.489 e. The molecule has 1 amide bonds. The summed E-state index contributed by atoms with van der Waals surface area (Å²) in [6.45, 7) is 9.43. The zero-order valence-electron chi connectivity index (χ0n) is 20.6. The van der Waals surface area contributed by atoms with Crippen molar-refractivity contribution < 1.29 is 22.7 Å². The van der Waals surface area contributed by atoms with Crippen LogP contribution >= 0.6 is 0 Å². The number of anilines is 2. The Morgan fingerprint density at radius 2 is 1.82 bits per heavy atom. The molecule has 1 saturated heterocycles. The molecule has 2 aromatic rings. The number of rotatable bonds is 9. The van der Waals surface area contributed by atoms with Crippen LogP contribution in [-0.4, -0.2) is 64.6 Å². The molecule has 1 heterocycles. The van der Waals surface area contributed by atoms with Crippen LogP contribution in [0.1, 0.15) is 39.2 Å². The minimum atomic E-state index is -3.71. The molecule has 0 spiro atoms. The van der Waals surface area contributed by atoms with Crippen LogP contribution in [0.25, 0.3) is 0 Å². The molecular weight excluding hydrogens is 454 g/mol. The number of carbonyl (C=O) groups is 1. The molecule has 0 radical (unpaired) electrons. The van der Waals surface area contributed by atoms with E-state index in [2.05, 4.69) is 31.3 Å². The first-order valence-corrected chi connectivity index (χ1v) is 13.0. The Balaban J connectivity index is 1.81. The zero-order chi connectivity index (χ0) is 24.9. The van der Waals surface area contributed by atoms with Crippen molar-refractivity contribution >= 4 is 27.3 Å². The summed E-state index contributed by atoms with van der Waals surface area (Å²) in [7, 11) is -1.86. The average molecular weight is 490 g/mol. The van der Waals surface area contributed by atoms with E-state index < -0.39 is 10.0 Å². The number of hydrogen-bond donors (Lipinski definition) is 1. The molecule has 0 saturated carbocycles. The Labute approximate surface area is 202 Å². The van der Waals surface area contributed by atoms with Crippen molar-refractivity contribution in [3.8, 4) is 5.75 Å². The third-order valence-electron chi connectivity index (χ3n) is 5.55. The fraction of sp³-hybridized carbons (Fsp3) is 0.480. The van der Waals surface area contributed by atoms with Crippen molar-refractivity contribution in [3.63, 3.8) is 0 Å². The van der Waals surface area contributed by atoms with E-state index in [4.69, 9.17) is 9.47 Å². The van der Waals surface area contributed by atoms with Gasteiger partial charge in [0.25, 0.3) is 0 Å². The van der Waals surface area contributed by atoms with Gasteiger partial charge in [-0.1, -0.05) is 26.0 Å². The van der Waals surface area contributed by atoms with E-state index >= 15 is 0 Å². The number of nitrogens with zero attached hydrogens (tertiary/aromatic N) is 2. The second-order valence-electron chi connectivity index (χ2n) is 8.99. The van der Waals surface area contributed by atoms with Crippen LogP contribution in [0, 0.1) is 0 Å². The van der Waals surface area contributed by atoms with Crippen LogP contribution in [0.5, 0.6) is 5.75 Å². The molecule has 3 rings (SSSR count). The molecule has 34 heavy (non-hydrogen) atoms. The van der Waals surface area contributed by atoms with Crippen molar-refractivity contribution in [2.45, 2.75) is 44.6 Å². The van der Waals surface area contributed by atoms with Gasteiger partial charge in [-0.3, -0.25) is 4.79 Å². The van der Waals surface area contributed by atoms with Crippen LogP contribution in [0.4, 0.5) is 11.4 Å². The van der Waals surface area contributed by atoms with Gasteiger partial charge in [0, 0.05) is 25.8 Å². The van der Waals surface area contributed by atoms with Crippen molar-refractivity contribution in [2.75, 3.05) is 50.1 Å². The van der Waals surface area contributed by atoms with Gasteiger partial charge >= 0.3 is 0 Å². The number of likely N-dealkylation sites (N-methyl/N-ethyl adjacent to an activating group) is 1. The molecule has 186 valence electrons. The Hall–Kier alpha value is -2.62.